The van der Waals surface area contributed by atoms with Gasteiger partial charge in [-0.3, -0.25) is 10.2 Å². The lowest BCUT2D eigenvalue weighted by Gasteiger charge is -2.20. The Morgan fingerprint density at radius 2 is 1.97 bits per heavy atom. The summed E-state index contributed by atoms with van der Waals surface area (Å²) in [7, 11) is 1.68. The van der Waals surface area contributed by atoms with E-state index in [0.717, 1.165) is 16.7 Å². The number of aromatic nitrogens is 1. The van der Waals surface area contributed by atoms with Gasteiger partial charge in [-0.1, -0.05) is 35.9 Å². The summed E-state index contributed by atoms with van der Waals surface area (Å²) in [6.45, 7) is 4.05. The average molecular weight is 389 g/mol. The largest absolute Gasteiger partial charge is 0.506 e. The summed E-state index contributed by atoms with van der Waals surface area (Å²) in [4.78, 5) is 17.5. The third kappa shape index (κ3) is 3.24. The van der Waals surface area contributed by atoms with Crippen LogP contribution in [0.15, 0.2) is 57.4 Å². The fourth-order valence-electron chi connectivity index (χ4n) is 3.80. The minimum atomic E-state index is -0.325. The Morgan fingerprint density at radius 1 is 1.21 bits per heavy atom. The number of para-hydroxylation sites is 1. The fraction of sp³-hybridized carbons (Fsp3) is 0.227. The van der Waals surface area contributed by atoms with Gasteiger partial charge in [-0.05, 0) is 37.1 Å². The smallest absolute Gasteiger partial charge is 0.263 e. The summed E-state index contributed by atoms with van der Waals surface area (Å²) in [6, 6.07) is 13.2. The number of hydrogen-bond donors (Lipinski definition) is 3. The Bertz CT molecular complexity index is 1240. The van der Waals surface area contributed by atoms with Gasteiger partial charge in [0, 0.05) is 18.9 Å². The Labute approximate surface area is 168 Å². The van der Waals surface area contributed by atoms with Crippen molar-refractivity contribution in [1.29, 1.82) is 0 Å². The number of pyridine rings is 1. The molecule has 1 aliphatic rings. The summed E-state index contributed by atoms with van der Waals surface area (Å²) in [5, 5.41) is 15.7. The topological polar surface area (TPSA) is 105 Å². The molecule has 1 unspecified atom stereocenters. The number of aliphatic imine (C=N–C) groups is 1. The lowest BCUT2D eigenvalue weighted by atomic mass is 9.93. The van der Waals surface area contributed by atoms with Crippen LogP contribution in [0, 0.1) is 13.8 Å². The minimum absolute atomic E-state index is 0.0161. The van der Waals surface area contributed by atoms with Crippen molar-refractivity contribution in [3.63, 3.8) is 0 Å². The second-order valence-electron chi connectivity index (χ2n) is 7.38. The van der Waals surface area contributed by atoms with Crippen LogP contribution in [0.5, 0.6) is 5.75 Å². The summed E-state index contributed by atoms with van der Waals surface area (Å²) < 4.78 is 1.52. The van der Waals surface area contributed by atoms with Crippen molar-refractivity contribution in [2.75, 3.05) is 0 Å². The van der Waals surface area contributed by atoms with E-state index >= 15 is 0 Å². The highest BCUT2D eigenvalue weighted by Gasteiger charge is 2.26. The molecule has 1 atom stereocenters. The molecular weight excluding hydrogens is 366 g/mol. The van der Waals surface area contributed by atoms with Gasteiger partial charge in [-0.15, -0.1) is 5.10 Å². The van der Waals surface area contributed by atoms with Crippen molar-refractivity contribution < 1.29 is 5.11 Å². The van der Waals surface area contributed by atoms with Crippen LogP contribution in [0.1, 0.15) is 34.7 Å². The summed E-state index contributed by atoms with van der Waals surface area (Å²) in [5.74, 6) is -0.0701. The Hall–Kier alpha value is -3.61. The van der Waals surface area contributed by atoms with E-state index in [-0.39, 0.29) is 28.9 Å². The van der Waals surface area contributed by atoms with Crippen molar-refractivity contribution >= 4 is 22.6 Å². The Balaban J connectivity index is 1.89. The van der Waals surface area contributed by atoms with Gasteiger partial charge in [0.25, 0.3) is 5.56 Å². The molecule has 7 heteroatoms. The molecule has 0 spiro atoms. The van der Waals surface area contributed by atoms with Crippen molar-refractivity contribution in [3.05, 3.63) is 75.1 Å². The summed E-state index contributed by atoms with van der Waals surface area (Å²) in [6.07, 6.45) is 0.357. The molecule has 7 nitrogen and oxygen atoms in total. The molecular formula is C22H23N5O2. The monoisotopic (exact) mass is 389 g/mol. The standard InChI is InChI=1S/C22H23N5O2/c1-12-8-9-13(2)15(10-12)16-11-17(24-22(23)26-25-16)19-20(28)14-6-4-5-7-18(14)27(3)21(19)29/h4-10,16,25,28H,11H2,1-3H3,(H2,23,26). The van der Waals surface area contributed by atoms with Gasteiger partial charge in [-0.25, -0.2) is 4.99 Å². The first-order valence-electron chi connectivity index (χ1n) is 9.41. The Morgan fingerprint density at radius 3 is 2.76 bits per heavy atom. The predicted molar refractivity (Wildman–Crippen MR) is 115 cm³/mol. The van der Waals surface area contributed by atoms with Crippen LogP contribution in [0.4, 0.5) is 0 Å². The fourth-order valence-corrected chi connectivity index (χ4v) is 3.80. The van der Waals surface area contributed by atoms with Crippen LogP contribution in [-0.2, 0) is 7.05 Å². The quantitative estimate of drug-likeness (QED) is 0.626. The lowest BCUT2D eigenvalue weighted by molar-refractivity contribution is 0.477. The van der Waals surface area contributed by atoms with E-state index in [1.165, 1.54) is 4.57 Å². The first-order valence-corrected chi connectivity index (χ1v) is 9.41. The zero-order valence-electron chi connectivity index (χ0n) is 16.6. The number of hydrazone groups is 1. The maximum absolute atomic E-state index is 13.1. The molecule has 4 rings (SSSR count). The molecule has 0 fully saturated rings. The van der Waals surface area contributed by atoms with E-state index in [1.54, 1.807) is 19.2 Å². The Kier molecular flexibility index (Phi) is 4.58. The van der Waals surface area contributed by atoms with Gasteiger partial charge < -0.3 is 15.4 Å². The van der Waals surface area contributed by atoms with Gasteiger partial charge in [0.2, 0.25) is 5.96 Å². The summed E-state index contributed by atoms with van der Waals surface area (Å²) in [5.41, 5.74) is 13.2. The SMILES string of the molecule is Cc1ccc(C)c(C2CC(c3c(O)c4ccccc4n(C)c3=O)=NC(N)=NN2)c1. The molecule has 2 heterocycles. The molecule has 0 radical (unpaired) electrons. The molecule has 0 aliphatic carbocycles. The van der Waals surface area contributed by atoms with Crippen LogP contribution >= 0.6 is 0 Å². The third-order valence-electron chi connectivity index (χ3n) is 5.36. The first kappa shape index (κ1) is 18.7. The van der Waals surface area contributed by atoms with Crippen LogP contribution in [0.25, 0.3) is 10.9 Å². The highest BCUT2D eigenvalue weighted by Crippen LogP contribution is 2.30. The molecule has 4 N–H and O–H groups in total. The zero-order valence-corrected chi connectivity index (χ0v) is 16.6. The molecule has 2 aromatic carbocycles. The molecule has 1 aliphatic heterocycles. The van der Waals surface area contributed by atoms with E-state index < -0.39 is 0 Å². The molecule has 3 aromatic rings. The first-order chi connectivity index (χ1) is 13.9. The highest BCUT2D eigenvalue weighted by atomic mass is 16.3. The maximum atomic E-state index is 13.1. The number of rotatable bonds is 2. The predicted octanol–water partition coefficient (Wildman–Crippen LogP) is 2.61. The maximum Gasteiger partial charge on any atom is 0.263 e. The number of fused-ring (bicyclic) bond motifs is 1. The normalized spacial score (nSPS) is 16.7. The molecule has 0 bridgehead atoms. The zero-order chi connectivity index (χ0) is 20.7. The molecule has 29 heavy (non-hydrogen) atoms. The third-order valence-corrected chi connectivity index (χ3v) is 5.36. The number of aromatic hydroxyl groups is 1. The number of hydrogen-bond acceptors (Lipinski definition) is 6. The van der Waals surface area contributed by atoms with Gasteiger partial charge in [-0.2, -0.15) is 0 Å². The molecule has 0 amide bonds. The number of nitrogens with zero attached hydrogens (tertiary/aromatic N) is 3. The van der Waals surface area contributed by atoms with Crippen molar-refractivity contribution in [2.45, 2.75) is 26.3 Å². The van der Waals surface area contributed by atoms with Crippen molar-refractivity contribution in [1.82, 2.24) is 9.99 Å². The lowest BCUT2D eigenvalue weighted by Crippen LogP contribution is -2.27. The number of nitrogens with two attached hydrogens (primary N) is 1. The van der Waals surface area contributed by atoms with E-state index in [2.05, 4.69) is 21.6 Å². The van der Waals surface area contributed by atoms with Gasteiger partial charge in [0.15, 0.2) is 0 Å². The van der Waals surface area contributed by atoms with E-state index in [4.69, 9.17) is 5.73 Å². The van der Waals surface area contributed by atoms with Crippen LogP contribution in [0.2, 0.25) is 0 Å². The highest BCUT2D eigenvalue weighted by molar-refractivity contribution is 6.11. The number of nitrogens with one attached hydrogen (secondary N) is 1. The molecule has 0 saturated heterocycles. The van der Waals surface area contributed by atoms with E-state index in [0.29, 0.717) is 23.0 Å². The van der Waals surface area contributed by atoms with Crippen molar-refractivity contribution in [2.24, 2.45) is 22.9 Å². The number of guanidine groups is 1. The van der Waals surface area contributed by atoms with Crippen LogP contribution in [0.3, 0.4) is 0 Å². The van der Waals surface area contributed by atoms with E-state index in [9.17, 15) is 9.90 Å². The summed E-state index contributed by atoms with van der Waals surface area (Å²) >= 11 is 0. The molecule has 1 aromatic heterocycles. The molecule has 0 saturated carbocycles. The average Bonchev–Trinajstić information content (AvgIpc) is 2.90. The van der Waals surface area contributed by atoms with Gasteiger partial charge in [0.05, 0.1) is 17.3 Å². The second-order valence-corrected chi connectivity index (χ2v) is 7.38. The van der Waals surface area contributed by atoms with Gasteiger partial charge >= 0.3 is 0 Å². The van der Waals surface area contributed by atoms with Crippen molar-refractivity contribution in [3.8, 4) is 5.75 Å². The van der Waals surface area contributed by atoms with Crippen LogP contribution < -0.4 is 16.7 Å². The second kappa shape index (κ2) is 7.09. The number of aryl methyl sites for hydroxylation is 3. The minimum Gasteiger partial charge on any atom is -0.506 e. The van der Waals surface area contributed by atoms with Gasteiger partial charge in [0.1, 0.15) is 11.3 Å². The molecule has 148 valence electrons. The number of benzene rings is 2. The van der Waals surface area contributed by atoms with E-state index in [1.807, 2.05) is 38.1 Å². The van der Waals surface area contributed by atoms with Crippen LogP contribution in [-0.4, -0.2) is 21.3 Å².